The minimum atomic E-state index is -0.740. The van der Waals surface area contributed by atoms with Crippen LogP contribution in [-0.2, 0) is 14.3 Å². The van der Waals surface area contributed by atoms with Gasteiger partial charge in [-0.2, -0.15) is 0 Å². The van der Waals surface area contributed by atoms with Crippen molar-refractivity contribution in [3.63, 3.8) is 0 Å². The lowest BCUT2D eigenvalue weighted by molar-refractivity contribution is -0.146. The number of amides is 1. The highest BCUT2D eigenvalue weighted by atomic mass is 35.5. The summed E-state index contributed by atoms with van der Waals surface area (Å²) in [5, 5.41) is 3.42. The van der Waals surface area contributed by atoms with Gasteiger partial charge in [0.1, 0.15) is 17.5 Å². The minimum absolute atomic E-state index is 0.0938. The first-order valence-corrected chi connectivity index (χ1v) is 9.68. The molecule has 0 radical (unpaired) electrons. The largest absolute Gasteiger partial charge is 0.487 e. The van der Waals surface area contributed by atoms with Gasteiger partial charge >= 0.3 is 0 Å². The predicted molar refractivity (Wildman–Crippen MR) is 104 cm³/mol. The molecule has 0 bridgehead atoms. The van der Waals surface area contributed by atoms with Crippen LogP contribution in [0.5, 0.6) is 5.75 Å². The van der Waals surface area contributed by atoms with Crippen LogP contribution >= 0.6 is 11.6 Å². The zero-order valence-corrected chi connectivity index (χ0v) is 16.9. The maximum atomic E-state index is 12.9. The Kier molecular flexibility index (Phi) is 7.74. The van der Waals surface area contributed by atoms with Crippen LogP contribution in [0.1, 0.15) is 46.5 Å². The van der Waals surface area contributed by atoms with E-state index in [0.717, 1.165) is 25.7 Å². The van der Waals surface area contributed by atoms with E-state index in [-0.39, 0.29) is 12.0 Å². The van der Waals surface area contributed by atoms with Crippen molar-refractivity contribution in [2.75, 3.05) is 25.6 Å². The Morgan fingerprint density at radius 2 is 2.08 bits per heavy atom. The number of halogens is 1. The number of ether oxygens (including phenoxy) is 3. The Morgan fingerprint density at radius 1 is 1.38 bits per heavy atom. The molecule has 1 aliphatic carbocycles. The fraction of sp³-hybridized carbons (Fsp3) is 0.650. The zero-order chi connectivity index (χ0) is 19.2. The van der Waals surface area contributed by atoms with E-state index < -0.39 is 5.60 Å². The Labute approximate surface area is 161 Å². The summed E-state index contributed by atoms with van der Waals surface area (Å²) < 4.78 is 16.7. The second-order valence-corrected chi connectivity index (χ2v) is 7.50. The molecule has 0 heterocycles. The molecule has 0 saturated heterocycles. The lowest BCUT2D eigenvalue weighted by atomic mass is 9.78. The molecule has 1 aromatic rings. The lowest BCUT2D eigenvalue weighted by Gasteiger charge is -2.37. The van der Waals surface area contributed by atoms with E-state index >= 15 is 0 Å². The number of rotatable bonds is 8. The van der Waals surface area contributed by atoms with Gasteiger partial charge in [0.2, 0.25) is 0 Å². The summed E-state index contributed by atoms with van der Waals surface area (Å²) in [4.78, 5) is 12.9. The summed E-state index contributed by atoms with van der Waals surface area (Å²) in [6.07, 6.45) is 3.38. The van der Waals surface area contributed by atoms with Crippen LogP contribution in [-0.4, -0.2) is 37.9 Å². The molecule has 5 nitrogen and oxygen atoms in total. The number of nitrogens with one attached hydrogen (secondary N) is 1. The summed E-state index contributed by atoms with van der Waals surface area (Å²) in [6, 6.07) is 5.27. The van der Waals surface area contributed by atoms with Gasteiger partial charge in [-0.15, -0.1) is 0 Å². The molecule has 146 valence electrons. The molecule has 0 aliphatic heterocycles. The molecule has 0 spiro atoms. The maximum absolute atomic E-state index is 12.9. The number of methoxy groups -OCH3 is 1. The van der Waals surface area contributed by atoms with Crippen molar-refractivity contribution in [2.45, 2.75) is 58.2 Å². The van der Waals surface area contributed by atoms with Crippen LogP contribution in [0.2, 0.25) is 5.02 Å². The number of anilines is 1. The van der Waals surface area contributed by atoms with Gasteiger partial charge in [0.25, 0.3) is 5.91 Å². The average Bonchev–Trinajstić information content (AvgIpc) is 2.60. The molecule has 1 aliphatic rings. The summed E-state index contributed by atoms with van der Waals surface area (Å²) in [7, 11) is 1.63. The Morgan fingerprint density at radius 3 is 2.65 bits per heavy atom. The number of benzene rings is 1. The molecular weight excluding hydrogens is 354 g/mol. The SMILES string of the molecule is CCOC1(C(=O)Nc2ccc(O[C@H](C)COC)c(Cl)c2)CCC(C)CC1. The minimum Gasteiger partial charge on any atom is -0.487 e. The Balaban J connectivity index is 2.06. The highest BCUT2D eigenvalue weighted by Gasteiger charge is 2.41. The third kappa shape index (κ3) is 5.35. The van der Waals surface area contributed by atoms with Gasteiger partial charge in [0, 0.05) is 19.4 Å². The van der Waals surface area contributed by atoms with Gasteiger partial charge in [0.05, 0.1) is 11.6 Å². The van der Waals surface area contributed by atoms with Gasteiger partial charge in [0.15, 0.2) is 0 Å². The third-order valence-electron chi connectivity index (χ3n) is 4.84. The number of hydrogen-bond donors (Lipinski definition) is 1. The van der Waals surface area contributed by atoms with Crippen molar-refractivity contribution in [1.29, 1.82) is 0 Å². The van der Waals surface area contributed by atoms with E-state index in [0.29, 0.717) is 35.6 Å². The molecule has 1 saturated carbocycles. The quantitative estimate of drug-likeness (QED) is 0.708. The molecule has 1 fully saturated rings. The average molecular weight is 384 g/mol. The molecule has 0 aromatic heterocycles. The molecule has 2 rings (SSSR count). The van der Waals surface area contributed by atoms with Gasteiger partial charge in [-0.05, 0) is 63.6 Å². The van der Waals surface area contributed by atoms with E-state index in [9.17, 15) is 4.79 Å². The number of hydrogen-bond acceptors (Lipinski definition) is 4. The van der Waals surface area contributed by atoms with Gasteiger partial charge in [-0.25, -0.2) is 0 Å². The van der Waals surface area contributed by atoms with Crippen molar-refractivity contribution < 1.29 is 19.0 Å². The van der Waals surface area contributed by atoms with E-state index in [1.807, 2.05) is 13.8 Å². The van der Waals surface area contributed by atoms with Gasteiger partial charge < -0.3 is 19.5 Å². The lowest BCUT2D eigenvalue weighted by Crippen LogP contribution is -2.48. The van der Waals surface area contributed by atoms with E-state index in [4.69, 9.17) is 25.8 Å². The molecule has 1 N–H and O–H groups in total. The molecule has 0 unspecified atom stereocenters. The van der Waals surface area contributed by atoms with Crippen molar-refractivity contribution in [2.24, 2.45) is 5.92 Å². The van der Waals surface area contributed by atoms with Crippen molar-refractivity contribution in [3.05, 3.63) is 23.2 Å². The van der Waals surface area contributed by atoms with E-state index in [1.54, 1.807) is 25.3 Å². The molecule has 1 amide bonds. The highest BCUT2D eigenvalue weighted by molar-refractivity contribution is 6.32. The smallest absolute Gasteiger partial charge is 0.256 e. The second-order valence-electron chi connectivity index (χ2n) is 7.09. The van der Waals surface area contributed by atoms with Crippen LogP contribution in [0.15, 0.2) is 18.2 Å². The molecule has 1 atom stereocenters. The topological polar surface area (TPSA) is 56.8 Å². The molecule has 1 aromatic carbocycles. The Hall–Kier alpha value is -1.30. The molecular formula is C20H30ClNO4. The number of carbonyl (C=O) groups excluding carboxylic acids is 1. The van der Waals surface area contributed by atoms with Crippen LogP contribution < -0.4 is 10.1 Å². The monoisotopic (exact) mass is 383 g/mol. The maximum Gasteiger partial charge on any atom is 0.256 e. The first kappa shape index (κ1) is 21.0. The van der Waals surface area contributed by atoms with Gasteiger partial charge in [-0.1, -0.05) is 18.5 Å². The van der Waals surface area contributed by atoms with Crippen LogP contribution in [0.4, 0.5) is 5.69 Å². The van der Waals surface area contributed by atoms with Gasteiger partial charge in [-0.3, -0.25) is 4.79 Å². The fourth-order valence-corrected chi connectivity index (χ4v) is 3.57. The predicted octanol–water partition coefficient (Wildman–Crippen LogP) is 4.68. The first-order valence-electron chi connectivity index (χ1n) is 9.30. The summed E-state index contributed by atoms with van der Waals surface area (Å²) >= 11 is 6.31. The summed E-state index contributed by atoms with van der Waals surface area (Å²) in [5.74, 6) is 1.11. The standard InChI is InChI=1S/C20H30ClNO4/c1-5-25-20(10-8-14(2)9-11-20)19(23)22-16-6-7-18(17(21)12-16)26-15(3)13-24-4/h6-7,12,14-15H,5,8-11,13H2,1-4H3,(H,22,23)/t14?,15-,20?/m1/s1. The first-order chi connectivity index (χ1) is 12.4. The third-order valence-corrected chi connectivity index (χ3v) is 5.13. The van der Waals surface area contributed by atoms with Crippen LogP contribution in [0.25, 0.3) is 0 Å². The van der Waals surface area contributed by atoms with Crippen molar-refractivity contribution >= 4 is 23.2 Å². The highest BCUT2D eigenvalue weighted by Crippen LogP contribution is 2.36. The Bertz CT molecular complexity index is 599. The van der Waals surface area contributed by atoms with Crippen molar-refractivity contribution in [1.82, 2.24) is 0 Å². The summed E-state index contributed by atoms with van der Waals surface area (Å²) in [6.45, 7) is 7.05. The summed E-state index contributed by atoms with van der Waals surface area (Å²) in [5.41, 5.74) is -0.0972. The molecule has 6 heteroatoms. The van der Waals surface area contributed by atoms with E-state index in [2.05, 4.69) is 12.2 Å². The van der Waals surface area contributed by atoms with Crippen LogP contribution in [0, 0.1) is 5.92 Å². The fourth-order valence-electron chi connectivity index (χ4n) is 3.35. The zero-order valence-electron chi connectivity index (χ0n) is 16.1. The van der Waals surface area contributed by atoms with Crippen molar-refractivity contribution in [3.8, 4) is 5.75 Å². The number of carbonyl (C=O) groups is 1. The van der Waals surface area contributed by atoms with E-state index in [1.165, 1.54) is 0 Å². The normalized spacial score (nSPS) is 24.1. The second kappa shape index (κ2) is 9.58. The van der Waals surface area contributed by atoms with Crippen LogP contribution in [0.3, 0.4) is 0 Å². The molecule has 26 heavy (non-hydrogen) atoms.